The van der Waals surface area contributed by atoms with Crippen LogP contribution in [0.2, 0.25) is 0 Å². The average molecular weight is 422 g/mol. The van der Waals surface area contributed by atoms with Crippen molar-refractivity contribution in [2.24, 2.45) is 7.05 Å². The number of imide groups is 2. The molecule has 1 fully saturated rings. The Morgan fingerprint density at radius 2 is 1.94 bits per heavy atom. The Labute approximate surface area is 178 Å². The normalized spacial score (nSPS) is 20.5. The number of benzene rings is 1. The maximum absolute atomic E-state index is 13.0. The number of hydrogen-bond donors (Lipinski definition) is 3. The molecule has 10 nitrogen and oxygen atoms in total. The smallest absolute Gasteiger partial charge is 0.262 e. The Kier molecular flexibility index (Phi) is 4.58. The number of carbonyl (C=O) groups excluding carboxylic acids is 4. The molecular weight excluding hydrogens is 400 g/mol. The fraction of sp³-hybridized carbons (Fsp3) is 0.381. The SMILES string of the molecule is Cn1nc2c(c1NCc1ccc3c(c1)C(=O)N(C1CCC(=O)NC1=O)C3=O)CCNC2. The minimum atomic E-state index is -0.957. The van der Waals surface area contributed by atoms with Gasteiger partial charge in [-0.2, -0.15) is 5.10 Å². The monoisotopic (exact) mass is 422 g/mol. The number of aryl methyl sites for hydroxylation is 1. The summed E-state index contributed by atoms with van der Waals surface area (Å²) in [5, 5.41) is 13.5. The number of carbonyl (C=O) groups is 4. The van der Waals surface area contributed by atoms with Gasteiger partial charge in [0.2, 0.25) is 11.8 Å². The molecule has 0 aliphatic carbocycles. The maximum atomic E-state index is 13.0. The van der Waals surface area contributed by atoms with Gasteiger partial charge in [-0.15, -0.1) is 0 Å². The van der Waals surface area contributed by atoms with Crippen molar-refractivity contribution in [3.63, 3.8) is 0 Å². The molecule has 31 heavy (non-hydrogen) atoms. The second-order valence-electron chi connectivity index (χ2n) is 8.00. The fourth-order valence-corrected chi connectivity index (χ4v) is 4.48. The molecule has 2 aromatic rings. The lowest BCUT2D eigenvalue weighted by atomic mass is 10.0. The number of fused-ring (bicyclic) bond motifs is 2. The van der Waals surface area contributed by atoms with Crippen LogP contribution in [0.15, 0.2) is 18.2 Å². The van der Waals surface area contributed by atoms with Crippen LogP contribution in [-0.4, -0.2) is 50.9 Å². The average Bonchev–Trinajstić information content (AvgIpc) is 3.20. The largest absolute Gasteiger partial charge is 0.366 e. The first-order valence-electron chi connectivity index (χ1n) is 10.3. The van der Waals surface area contributed by atoms with Crippen LogP contribution >= 0.6 is 0 Å². The van der Waals surface area contributed by atoms with E-state index in [2.05, 4.69) is 21.0 Å². The second kappa shape index (κ2) is 7.31. The number of aromatic nitrogens is 2. The van der Waals surface area contributed by atoms with Crippen LogP contribution in [0, 0.1) is 0 Å². The summed E-state index contributed by atoms with van der Waals surface area (Å²) in [5.41, 5.74) is 3.63. The molecule has 4 heterocycles. The van der Waals surface area contributed by atoms with E-state index >= 15 is 0 Å². The highest BCUT2D eigenvalue weighted by molar-refractivity contribution is 6.23. The molecule has 1 aromatic heterocycles. The number of piperidine rings is 1. The summed E-state index contributed by atoms with van der Waals surface area (Å²) in [6, 6.07) is 4.16. The van der Waals surface area contributed by atoms with Crippen molar-refractivity contribution >= 4 is 29.4 Å². The molecule has 160 valence electrons. The lowest BCUT2D eigenvalue weighted by Gasteiger charge is -2.27. The fourth-order valence-electron chi connectivity index (χ4n) is 4.48. The zero-order valence-electron chi connectivity index (χ0n) is 17.0. The van der Waals surface area contributed by atoms with Gasteiger partial charge in [0, 0.05) is 32.1 Å². The van der Waals surface area contributed by atoms with Crippen molar-refractivity contribution in [1.82, 2.24) is 25.3 Å². The number of hydrogen-bond acceptors (Lipinski definition) is 7. The molecular formula is C21H22N6O4. The summed E-state index contributed by atoms with van der Waals surface area (Å²) in [6.07, 6.45) is 1.14. The van der Waals surface area contributed by atoms with Crippen LogP contribution in [0.25, 0.3) is 0 Å². The Hall–Kier alpha value is -3.53. The lowest BCUT2D eigenvalue weighted by Crippen LogP contribution is -2.54. The Morgan fingerprint density at radius 3 is 2.74 bits per heavy atom. The molecule has 3 aliphatic rings. The predicted octanol–water partition coefficient (Wildman–Crippen LogP) is 0.0791. The van der Waals surface area contributed by atoms with Crippen molar-refractivity contribution in [2.45, 2.75) is 38.4 Å². The van der Waals surface area contributed by atoms with Crippen LogP contribution in [0.4, 0.5) is 5.82 Å². The summed E-state index contributed by atoms with van der Waals surface area (Å²) < 4.78 is 1.82. The van der Waals surface area contributed by atoms with Gasteiger partial charge >= 0.3 is 0 Å². The molecule has 1 atom stereocenters. The summed E-state index contributed by atoms with van der Waals surface area (Å²) in [5.74, 6) is -1.05. The van der Waals surface area contributed by atoms with Gasteiger partial charge in [0.25, 0.3) is 11.8 Å². The third kappa shape index (κ3) is 3.19. The zero-order valence-corrected chi connectivity index (χ0v) is 17.0. The van der Waals surface area contributed by atoms with Gasteiger partial charge in [-0.25, -0.2) is 0 Å². The number of rotatable bonds is 4. The van der Waals surface area contributed by atoms with Gasteiger partial charge in [-0.3, -0.25) is 34.1 Å². The summed E-state index contributed by atoms with van der Waals surface area (Å²) in [7, 11) is 1.89. The first-order chi connectivity index (χ1) is 14.9. The van der Waals surface area contributed by atoms with Gasteiger partial charge in [-0.1, -0.05) is 6.07 Å². The van der Waals surface area contributed by atoms with E-state index in [-0.39, 0.29) is 29.9 Å². The molecule has 3 N–H and O–H groups in total. The minimum absolute atomic E-state index is 0.101. The van der Waals surface area contributed by atoms with Crippen molar-refractivity contribution in [2.75, 3.05) is 11.9 Å². The van der Waals surface area contributed by atoms with Gasteiger partial charge in [-0.05, 0) is 37.1 Å². The van der Waals surface area contributed by atoms with E-state index in [1.165, 1.54) is 5.56 Å². The van der Waals surface area contributed by atoms with Crippen molar-refractivity contribution in [3.8, 4) is 0 Å². The molecule has 0 spiro atoms. The van der Waals surface area contributed by atoms with E-state index in [9.17, 15) is 19.2 Å². The predicted molar refractivity (Wildman–Crippen MR) is 109 cm³/mol. The van der Waals surface area contributed by atoms with E-state index in [1.807, 2.05) is 11.7 Å². The van der Waals surface area contributed by atoms with Crippen molar-refractivity contribution in [1.29, 1.82) is 0 Å². The third-order valence-electron chi connectivity index (χ3n) is 6.04. The molecule has 3 aliphatic heterocycles. The van der Waals surface area contributed by atoms with Crippen LogP contribution in [0.3, 0.4) is 0 Å². The number of anilines is 1. The second-order valence-corrected chi connectivity index (χ2v) is 8.00. The minimum Gasteiger partial charge on any atom is -0.366 e. The number of nitrogens with zero attached hydrogens (tertiary/aromatic N) is 3. The molecule has 10 heteroatoms. The van der Waals surface area contributed by atoms with E-state index in [1.54, 1.807) is 18.2 Å². The Balaban J connectivity index is 1.36. The Morgan fingerprint density at radius 1 is 1.13 bits per heavy atom. The molecule has 5 rings (SSSR count). The molecule has 1 unspecified atom stereocenters. The van der Waals surface area contributed by atoms with E-state index < -0.39 is 23.8 Å². The molecule has 4 amide bonds. The van der Waals surface area contributed by atoms with Crippen LogP contribution in [0.1, 0.15) is 50.4 Å². The van der Waals surface area contributed by atoms with Crippen LogP contribution < -0.4 is 16.0 Å². The standard InChI is InChI=1S/C21H22N6O4/c1-26-18(13-6-7-22-10-15(13)25-26)23-9-11-2-3-12-14(8-11)21(31)27(20(12)30)16-4-5-17(28)24-19(16)29/h2-3,8,16,22-23H,4-7,9-10H2,1H3,(H,24,28,29). The third-order valence-corrected chi connectivity index (χ3v) is 6.04. The topological polar surface area (TPSA) is 125 Å². The molecule has 1 saturated heterocycles. The van der Waals surface area contributed by atoms with Crippen molar-refractivity contribution < 1.29 is 19.2 Å². The van der Waals surface area contributed by atoms with Gasteiger partial charge < -0.3 is 10.6 Å². The van der Waals surface area contributed by atoms with E-state index in [0.717, 1.165) is 41.5 Å². The van der Waals surface area contributed by atoms with E-state index in [4.69, 9.17) is 0 Å². The van der Waals surface area contributed by atoms with Gasteiger partial charge in [0.15, 0.2) is 0 Å². The first-order valence-corrected chi connectivity index (χ1v) is 10.3. The zero-order chi connectivity index (χ0) is 21.7. The summed E-state index contributed by atoms with van der Waals surface area (Å²) in [4.78, 5) is 50.3. The first kappa shape index (κ1) is 19.4. The molecule has 1 aromatic carbocycles. The Bertz CT molecular complexity index is 1140. The maximum Gasteiger partial charge on any atom is 0.262 e. The number of nitrogens with one attached hydrogen (secondary N) is 3. The molecule has 0 saturated carbocycles. The van der Waals surface area contributed by atoms with Gasteiger partial charge in [0.1, 0.15) is 11.9 Å². The lowest BCUT2D eigenvalue weighted by molar-refractivity contribution is -0.136. The highest BCUT2D eigenvalue weighted by Gasteiger charge is 2.44. The van der Waals surface area contributed by atoms with Crippen molar-refractivity contribution in [3.05, 3.63) is 46.1 Å². The van der Waals surface area contributed by atoms with Crippen LogP contribution in [0.5, 0.6) is 0 Å². The number of amides is 4. The summed E-state index contributed by atoms with van der Waals surface area (Å²) >= 11 is 0. The highest BCUT2D eigenvalue weighted by atomic mass is 16.2. The quantitative estimate of drug-likeness (QED) is 0.596. The molecule has 0 radical (unpaired) electrons. The molecule has 0 bridgehead atoms. The van der Waals surface area contributed by atoms with Gasteiger partial charge in [0.05, 0.1) is 16.8 Å². The summed E-state index contributed by atoms with van der Waals surface area (Å²) in [6.45, 7) is 2.11. The van der Waals surface area contributed by atoms with E-state index in [0.29, 0.717) is 6.54 Å². The van der Waals surface area contributed by atoms with Crippen LogP contribution in [-0.2, 0) is 36.1 Å². The highest BCUT2D eigenvalue weighted by Crippen LogP contribution is 2.29.